The Hall–Kier alpha value is -3.19. The van der Waals surface area contributed by atoms with Crippen LogP contribution >= 0.6 is 0 Å². The second-order valence-electron chi connectivity index (χ2n) is 5.95. The van der Waals surface area contributed by atoms with Crippen molar-refractivity contribution in [2.45, 2.75) is 38.3 Å². The molecule has 1 aromatic rings. The minimum atomic E-state index is -1.46. The van der Waals surface area contributed by atoms with Gasteiger partial charge in [0.2, 0.25) is 0 Å². The lowest BCUT2D eigenvalue weighted by molar-refractivity contribution is -0.824. The maximum atomic E-state index is 11.1. The zero-order chi connectivity index (χ0) is 20.7. The number of carbonyl (C=O) groups excluding carboxylic acids is 1. The molecule has 0 bridgehead atoms. The van der Waals surface area contributed by atoms with Gasteiger partial charge in [-0.3, -0.25) is 35.2 Å². The quantitative estimate of drug-likeness (QED) is 0.366. The number of amides is 1. The molecule has 0 radical (unpaired) electrons. The van der Waals surface area contributed by atoms with E-state index in [9.17, 15) is 40.2 Å². The molecule has 1 aliphatic rings. The Labute approximate surface area is 152 Å². The third kappa shape index (κ3) is 5.93. The maximum Gasteiger partial charge on any atom is 0.300 e. The number of nitro benzene ring substituents is 3. The predicted molar refractivity (Wildman–Crippen MR) is 87.1 cm³/mol. The number of benzene rings is 1. The van der Waals surface area contributed by atoms with E-state index in [0.717, 1.165) is 37.1 Å². The van der Waals surface area contributed by atoms with Crippen LogP contribution in [0.1, 0.15) is 26.2 Å². The van der Waals surface area contributed by atoms with Crippen molar-refractivity contribution in [3.8, 4) is 5.75 Å². The van der Waals surface area contributed by atoms with Crippen molar-refractivity contribution in [1.29, 1.82) is 0 Å². The summed E-state index contributed by atoms with van der Waals surface area (Å²) in [6.07, 6.45) is 3.66. The van der Waals surface area contributed by atoms with Crippen LogP contribution < -0.4 is 10.0 Å². The van der Waals surface area contributed by atoms with Crippen molar-refractivity contribution in [1.82, 2.24) is 0 Å². The second kappa shape index (κ2) is 9.49. The fourth-order valence-corrected chi connectivity index (χ4v) is 2.74. The van der Waals surface area contributed by atoms with Gasteiger partial charge in [-0.05, 0) is 6.92 Å². The molecule has 2 N–H and O–H groups in total. The average Bonchev–Trinajstić information content (AvgIpc) is 3.01. The molecule has 0 aliphatic carbocycles. The molecule has 0 spiro atoms. The van der Waals surface area contributed by atoms with Crippen LogP contribution in [-0.4, -0.2) is 45.0 Å². The Morgan fingerprint density at radius 3 is 2.07 bits per heavy atom. The van der Waals surface area contributed by atoms with Crippen LogP contribution in [0.15, 0.2) is 12.1 Å². The number of nitrogens with one attached hydrogen (secondary N) is 1. The lowest BCUT2D eigenvalue weighted by Crippen LogP contribution is -3.12. The minimum absolute atomic E-state index is 0.270. The largest absolute Gasteiger partial charge is 0.863 e. The second-order valence-corrected chi connectivity index (χ2v) is 5.95. The van der Waals surface area contributed by atoms with Gasteiger partial charge in [-0.1, -0.05) is 0 Å². The number of nitrogens with zero attached hydrogens (tertiary/aromatic N) is 3. The van der Waals surface area contributed by atoms with Crippen LogP contribution in [0.2, 0.25) is 0 Å². The Bertz CT molecular complexity index is 702. The first-order valence-corrected chi connectivity index (χ1v) is 7.85. The SMILES string of the molecule is C[C@H](O)C[C@@H]1CCC[NH+]1C=O.O=[N+]([O-])c1cc([N+](=O)[O-])c([O-])c([N+](=O)[O-])c1. The molecule has 1 amide bonds. The number of aliphatic hydroxyl groups is 1. The number of non-ortho nitro benzene ring substituents is 1. The summed E-state index contributed by atoms with van der Waals surface area (Å²) >= 11 is 0. The predicted octanol–water partition coefficient (Wildman–Crippen LogP) is -0.554. The van der Waals surface area contributed by atoms with Crippen LogP contribution in [0, 0.1) is 30.3 Å². The van der Waals surface area contributed by atoms with Gasteiger partial charge in [0.15, 0.2) is 0 Å². The van der Waals surface area contributed by atoms with E-state index in [1.807, 2.05) is 0 Å². The summed E-state index contributed by atoms with van der Waals surface area (Å²) in [4.78, 5) is 39.0. The third-order valence-electron chi connectivity index (χ3n) is 3.96. The van der Waals surface area contributed by atoms with Crippen LogP contribution in [0.5, 0.6) is 5.75 Å². The van der Waals surface area contributed by atoms with Crippen LogP contribution in [0.4, 0.5) is 17.1 Å². The summed E-state index contributed by atoms with van der Waals surface area (Å²) in [6, 6.07) is 1.14. The van der Waals surface area contributed by atoms with Crippen LogP contribution in [-0.2, 0) is 4.79 Å². The van der Waals surface area contributed by atoms with Gasteiger partial charge in [0.25, 0.3) is 23.5 Å². The molecule has 1 heterocycles. The van der Waals surface area contributed by atoms with Gasteiger partial charge in [-0.15, -0.1) is 0 Å². The smallest absolute Gasteiger partial charge is 0.300 e. The highest BCUT2D eigenvalue weighted by Crippen LogP contribution is 2.36. The first-order valence-electron chi connectivity index (χ1n) is 7.85. The van der Waals surface area contributed by atoms with E-state index in [4.69, 9.17) is 5.11 Å². The van der Waals surface area contributed by atoms with Gasteiger partial charge in [0.05, 0.1) is 51.3 Å². The Morgan fingerprint density at radius 1 is 1.19 bits per heavy atom. The van der Waals surface area contributed by atoms with E-state index in [1.54, 1.807) is 6.92 Å². The van der Waals surface area contributed by atoms with E-state index in [0.29, 0.717) is 18.2 Å². The Morgan fingerprint density at radius 2 is 1.70 bits per heavy atom. The van der Waals surface area contributed by atoms with E-state index in [-0.39, 0.29) is 6.10 Å². The number of nitro groups is 3. The summed E-state index contributed by atoms with van der Waals surface area (Å²) in [6.45, 7) is 2.72. The van der Waals surface area contributed by atoms with Gasteiger partial charge in [0, 0.05) is 19.3 Å². The first-order chi connectivity index (χ1) is 12.6. The van der Waals surface area contributed by atoms with E-state index >= 15 is 0 Å². The topological polar surface area (TPSA) is 194 Å². The van der Waals surface area contributed by atoms with Gasteiger partial charge in [-0.2, -0.15) is 0 Å². The normalized spacial score (nSPS) is 19.5. The standard InChI is InChI=1S/C8H15NO2.C6H3N3O7/c1-7(11)5-8-3-2-4-9(8)6-10;10-6-4(8(13)14)1-3(7(11)12)2-5(6)9(15)16/h6-8,11H,2-5H2,1H3;1-2,10H/t7-,8-;/m0./s1. The number of carbonyl (C=O) groups is 1. The molecule has 1 fully saturated rings. The molecule has 3 atom stereocenters. The molecular formula is C14H18N4O9. The van der Waals surface area contributed by atoms with Gasteiger partial charge in [-0.25, -0.2) is 4.79 Å². The summed E-state index contributed by atoms with van der Waals surface area (Å²) in [5, 5.41) is 51.2. The average molecular weight is 386 g/mol. The number of likely N-dealkylation sites (tertiary alicyclic amines) is 1. The highest BCUT2D eigenvalue weighted by molar-refractivity contribution is 5.63. The number of aliphatic hydroxyl groups excluding tert-OH is 1. The molecule has 0 saturated carbocycles. The summed E-state index contributed by atoms with van der Waals surface area (Å²) < 4.78 is 0. The lowest BCUT2D eigenvalue weighted by Gasteiger charge is -2.15. The lowest BCUT2D eigenvalue weighted by atomic mass is 10.1. The molecule has 27 heavy (non-hydrogen) atoms. The minimum Gasteiger partial charge on any atom is -0.863 e. The maximum absolute atomic E-state index is 11.1. The van der Waals surface area contributed by atoms with Gasteiger partial charge >= 0.3 is 0 Å². The molecular weight excluding hydrogens is 368 g/mol. The van der Waals surface area contributed by atoms with Crippen LogP contribution in [0.25, 0.3) is 0 Å². The molecule has 1 unspecified atom stereocenters. The molecule has 0 aromatic heterocycles. The van der Waals surface area contributed by atoms with Crippen molar-refractivity contribution < 1.29 is 34.7 Å². The van der Waals surface area contributed by atoms with E-state index in [2.05, 4.69) is 0 Å². The number of rotatable bonds is 6. The molecule has 1 saturated heterocycles. The van der Waals surface area contributed by atoms with Gasteiger partial charge in [0.1, 0.15) is 0 Å². The van der Waals surface area contributed by atoms with Crippen molar-refractivity contribution in [3.05, 3.63) is 42.5 Å². The van der Waals surface area contributed by atoms with Gasteiger partial charge < -0.3 is 10.2 Å². The van der Waals surface area contributed by atoms with Crippen molar-refractivity contribution in [3.63, 3.8) is 0 Å². The molecule has 1 aromatic carbocycles. The molecule has 2 rings (SSSR count). The van der Waals surface area contributed by atoms with Crippen molar-refractivity contribution >= 4 is 23.5 Å². The van der Waals surface area contributed by atoms with Crippen molar-refractivity contribution in [2.24, 2.45) is 0 Å². The molecule has 1 aliphatic heterocycles. The molecule has 148 valence electrons. The highest BCUT2D eigenvalue weighted by atomic mass is 16.6. The van der Waals surface area contributed by atoms with Crippen molar-refractivity contribution in [2.75, 3.05) is 6.54 Å². The third-order valence-corrected chi connectivity index (χ3v) is 3.96. The summed E-state index contributed by atoms with van der Waals surface area (Å²) in [5.74, 6) is -1.46. The molecule has 13 heteroatoms. The van der Waals surface area contributed by atoms with E-state index in [1.165, 1.54) is 0 Å². The number of hydrogen-bond donors (Lipinski definition) is 2. The Kier molecular flexibility index (Phi) is 7.68. The first kappa shape index (κ1) is 21.9. The summed E-state index contributed by atoms with van der Waals surface area (Å²) in [5.41, 5.74) is -3.26. The zero-order valence-corrected chi connectivity index (χ0v) is 14.3. The fourth-order valence-electron chi connectivity index (χ4n) is 2.74. The number of hydrogen-bond acceptors (Lipinski definition) is 9. The van der Waals surface area contributed by atoms with E-state index < -0.39 is 37.6 Å². The monoisotopic (exact) mass is 386 g/mol. The number of quaternary nitrogens is 1. The van der Waals surface area contributed by atoms with Crippen LogP contribution in [0.3, 0.4) is 0 Å². The highest BCUT2D eigenvalue weighted by Gasteiger charge is 2.28. The summed E-state index contributed by atoms with van der Waals surface area (Å²) in [7, 11) is 0. The molecule has 13 nitrogen and oxygen atoms in total. The fraction of sp³-hybridized carbons (Fsp3) is 0.500. The zero-order valence-electron chi connectivity index (χ0n) is 14.3. The Balaban J connectivity index is 0.000000289.